The first-order valence-electron chi connectivity index (χ1n) is 8.01. The Bertz CT molecular complexity index is 1090. The standard InChI is InChI=1S/C17H14ClN7/c18-13-4-2-1-3-11(13)12-7-20-8-14-15(12)24(10-5-6-10)17(23-14)25-16(19)21-9-22-25/h1-4,7-10H,5-6H2,(H2,19,21,22). The van der Waals surface area contributed by atoms with E-state index in [1.165, 1.54) is 6.33 Å². The number of benzene rings is 1. The molecule has 1 fully saturated rings. The van der Waals surface area contributed by atoms with E-state index in [4.69, 9.17) is 22.3 Å². The fraction of sp³-hybridized carbons (Fsp3) is 0.176. The Kier molecular flexibility index (Phi) is 3.05. The first kappa shape index (κ1) is 14.4. The molecule has 3 heterocycles. The molecule has 1 saturated carbocycles. The van der Waals surface area contributed by atoms with Gasteiger partial charge < -0.3 is 10.3 Å². The van der Waals surface area contributed by atoms with Crippen molar-refractivity contribution in [2.45, 2.75) is 18.9 Å². The van der Waals surface area contributed by atoms with Gasteiger partial charge in [0.25, 0.3) is 0 Å². The van der Waals surface area contributed by atoms with Gasteiger partial charge in [0.15, 0.2) is 0 Å². The fourth-order valence-corrected chi connectivity index (χ4v) is 3.39. The molecule has 2 N–H and O–H groups in total. The van der Waals surface area contributed by atoms with Gasteiger partial charge in [-0.15, -0.1) is 0 Å². The molecule has 0 amide bonds. The minimum absolute atomic E-state index is 0.310. The van der Waals surface area contributed by atoms with Crippen LogP contribution in [0.3, 0.4) is 0 Å². The summed E-state index contributed by atoms with van der Waals surface area (Å²) >= 11 is 6.43. The molecule has 4 aromatic rings. The molecular weight excluding hydrogens is 338 g/mol. The van der Waals surface area contributed by atoms with Crippen LogP contribution in [-0.4, -0.2) is 29.3 Å². The number of hydrogen-bond acceptors (Lipinski definition) is 5. The van der Waals surface area contributed by atoms with E-state index in [-0.39, 0.29) is 0 Å². The van der Waals surface area contributed by atoms with E-state index in [0.717, 1.165) is 35.0 Å². The summed E-state index contributed by atoms with van der Waals surface area (Å²) in [6, 6.07) is 8.12. The number of nitrogens with zero attached hydrogens (tertiary/aromatic N) is 6. The molecule has 1 aliphatic rings. The van der Waals surface area contributed by atoms with Crippen molar-refractivity contribution in [2.24, 2.45) is 0 Å². The summed E-state index contributed by atoms with van der Waals surface area (Å²) < 4.78 is 3.75. The predicted octanol–water partition coefficient (Wildman–Crippen LogP) is 3.25. The predicted molar refractivity (Wildman–Crippen MR) is 95.6 cm³/mol. The highest BCUT2D eigenvalue weighted by molar-refractivity contribution is 6.33. The first-order chi connectivity index (χ1) is 12.2. The van der Waals surface area contributed by atoms with Gasteiger partial charge in [-0.1, -0.05) is 29.8 Å². The van der Waals surface area contributed by atoms with Crippen molar-refractivity contribution >= 4 is 28.6 Å². The zero-order chi connectivity index (χ0) is 17.0. The van der Waals surface area contributed by atoms with Gasteiger partial charge >= 0.3 is 0 Å². The van der Waals surface area contributed by atoms with Crippen LogP contribution >= 0.6 is 11.6 Å². The van der Waals surface area contributed by atoms with Gasteiger partial charge in [-0.3, -0.25) is 4.98 Å². The van der Waals surface area contributed by atoms with Gasteiger partial charge in [0.2, 0.25) is 11.9 Å². The Morgan fingerprint density at radius 3 is 2.68 bits per heavy atom. The lowest BCUT2D eigenvalue weighted by molar-refractivity contribution is 0.693. The second kappa shape index (κ2) is 5.29. The number of hydrogen-bond donors (Lipinski definition) is 1. The summed E-state index contributed by atoms with van der Waals surface area (Å²) in [6.45, 7) is 0. The lowest BCUT2D eigenvalue weighted by Crippen LogP contribution is -2.10. The molecule has 0 aliphatic heterocycles. The largest absolute Gasteiger partial charge is 0.368 e. The lowest BCUT2D eigenvalue weighted by atomic mass is 10.1. The SMILES string of the molecule is Nc1ncnn1-c1nc2cncc(-c3ccccc3Cl)c2n1C1CC1. The molecule has 0 radical (unpaired) electrons. The highest BCUT2D eigenvalue weighted by Crippen LogP contribution is 2.42. The maximum Gasteiger partial charge on any atom is 0.235 e. The molecule has 7 nitrogen and oxygen atoms in total. The summed E-state index contributed by atoms with van der Waals surface area (Å²) in [4.78, 5) is 13.1. The Labute approximate surface area is 148 Å². The van der Waals surface area contributed by atoms with E-state index in [9.17, 15) is 0 Å². The van der Waals surface area contributed by atoms with E-state index in [0.29, 0.717) is 23.0 Å². The van der Waals surface area contributed by atoms with Crippen LogP contribution in [0.2, 0.25) is 5.02 Å². The van der Waals surface area contributed by atoms with Gasteiger partial charge in [-0.05, 0) is 18.9 Å². The summed E-state index contributed by atoms with van der Waals surface area (Å²) in [5.74, 6) is 0.971. The van der Waals surface area contributed by atoms with Crippen molar-refractivity contribution in [3.05, 3.63) is 48.0 Å². The first-order valence-corrected chi connectivity index (χ1v) is 8.38. The monoisotopic (exact) mass is 351 g/mol. The third-order valence-corrected chi connectivity index (χ3v) is 4.74. The average molecular weight is 352 g/mol. The van der Waals surface area contributed by atoms with Crippen molar-refractivity contribution in [1.82, 2.24) is 29.3 Å². The number of rotatable bonds is 3. The second-order valence-corrected chi connectivity index (χ2v) is 6.48. The number of imidazole rings is 1. The molecule has 1 aromatic carbocycles. The van der Waals surface area contributed by atoms with Gasteiger partial charge in [0, 0.05) is 28.4 Å². The fourth-order valence-electron chi connectivity index (χ4n) is 3.15. The number of aromatic nitrogens is 6. The molecule has 0 atom stereocenters. The maximum atomic E-state index is 6.43. The van der Waals surface area contributed by atoms with Gasteiger partial charge in [-0.2, -0.15) is 14.8 Å². The van der Waals surface area contributed by atoms with E-state index in [1.807, 2.05) is 30.5 Å². The quantitative estimate of drug-likeness (QED) is 0.612. The van der Waals surface area contributed by atoms with Gasteiger partial charge in [0.1, 0.15) is 11.8 Å². The van der Waals surface area contributed by atoms with Crippen LogP contribution in [0.4, 0.5) is 5.95 Å². The number of anilines is 1. The van der Waals surface area contributed by atoms with Crippen LogP contribution in [0.15, 0.2) is 43.0 Å². The Balaban J connectivity index is 1.86. The summed E-state index contributed by atoms with van der Waals surface area (Å²) in [5.41, 5.74) is 9.62. The van der Waals surface area contributed by atoms with Crippen molar-refractivity contribution < 1.29 is 0 Å². The number of fused-ring (bicyclic) bond motifs is 1. The van der Waals surface area contributed by atoms with Crippen molar-refractivity contribution in [3.63, 3.8) is 0 Å². The smallest absolute Gasteiger partial charge is 0.235 e. The minimum Gasteiger partial charge on any atom is -0.368 e. The molecule has 0 bridgehead atoms. The highest BCUT2D eigenvalue weighted by atomic mass is 35.5. The number of halogens is 1. The third kappa shape index (κ3) is 2.20. The summed E-state index contributed by atoms with van der Waals surface area (Å²) in [5, 5.41) is 4.91. The molecular formula is C17H14ClN7. The third-order valence-electron chi connectivity index (χ3n) is 4.41. The van der Waals surface area contributed by atoms with Crippen molar-refractivity contribution in [3.8, 4) is 17.1 Å². The van der Waals surface area contributed by atoms with Crippen LogP contribution < -0.4 is 5.73 Å². The minimum atomic E-state index is 0.310. The number of pyridine rings is 1. The van der Waals surface area contributed by atoms with Crippen LogP contribution in [0, 0.1) is 0 Å². The molecule has 0 spiro atoms. The molecule has 8 heteroatoms. The maximum absolute atomic E-state index is 6.43. The molecule has 5 rings (SSSR count). The van der Waals surface area contributed by atoms with Crippen LogP contribution in [0.25, 0.3) is 28.1 Å². The highest BCUT2D eigenvalue weighted by Gasteiger charge is 2.31. The zero-order valence-electron chi connectivity index (χ0n) is 13.2. The van der Waals surface area contributed by atoms with Crippen LogP contribution in [-0.2, 0) is 0 Å². The molecule has 1 aliphatic carbocycles. The molecule has 0 saturated heterocycles. The molecule has 124 valence electrons. The average Bonchev–Trinajstić information content (AvgIpc) is 3.25. The van der Waals surface area contributed by atoms with E-state index in [2.05, 4.69) is 19.6 Å². The van der Waals surface area contributed by atoms with E-state index >= 15 is 0 Å². The van der Waals surface area contributed by atoms with Crippen molar-refractivity contribution in [2.75, 3.05) is 5.73 Å². The Morgan fingerprint density at radius 2 is 1.96 bits per heavy atom. The molecule has 25 heavy (non-hydrogen) atoms. The lowest BCUT2D eigenvalue weighted by Gasteiger charge is -2.11. The van der Waals surface area contributed by atoms with Crippen molar-refractivity contribution in [1.29, 1.82) is 0 Å². The zero-order valence-corrected chi connectivity index (χ0v) is 13.9. The molecule has 3 aromatic heterocycles. The van der Waals surface area contributed by atoms with E-state index in [1.54, 1.807) is 10.9 Å². The van der Waals surface area contributed by atoms with Gasteiger partial charge in [-0.25, -0.2) is 4.98 Å². The Morgan fingerprint density at radius 1 is 1.12 bits per heavy atom. The number of nitrogens with two attached hydrogens (primary N) is 1. The van der Waals surface area contributed by atoms with Crippen LogP contribution in [0.1, 0.15) is 18.9 Å². The Hall–Kier alpha value is -2.93. The van der Waals surface area contributed by atoms with E-state index < -0.39 is 0 Å². The summed E-state index contributed by atoms with van der Waals surface area (Å²) in [7, 11) is 0. The summed E-state index contributed by atoms with van der Waals surface area (Å²) in [6.07, 6.45) is 7.21. The van der Waals surface area contributed by atoms with Crippen LogP contribution in [0.5, 0.6) is 0 Å². The topological polar surface area (TPSA) is 87.4 Å². The normalized spacial score (nSPS) is 14.3. The second-order valence-electron chi connectivity index (χ2n) is 6.08. The van der Waals surface area contributed by atoms with Gasteiger partial charge in [0.05, 0.1) is 11.7 Å². The number of nitrogen functional groups attached to an aromatic ring is 1. The molecule has 0 unspecified atom stereocenters.